The standard InChI is InChI=1S/C8H16NO2/c1-5-8(4)9(10)6-7(2,3)11-8/h5-6H2,1-4H3. The Morgan fingerprint density at radius 2 is 2.00 bits per heavy atom. The van der Waals surface area contributed by atoms with Gasteiger partial charge in [0.05, 0.1) is 12.1 Å². The van der Waals surface area contributed by atoms with Gasteiger partial charge in [0.15, 0.2) is 0 Å². The maximum absolute atomic E-state index is 11.3. The van der Waals surface area contributed by atoms with E-state index in [0.29, 0.717) is 6.54 Å². The molecule has 0 aromatic carbocycles. The Kier molecular flexibility index (Phi) is 1.99. The zero-order valence-electron chi connectivity index (χ0n) is 7.68. The molecule has 1 fully saturated rings. The average molecular weight is 158 g/mol. The third-order valence-corrected chi connectivity index (χ3v) is 2.20. The quantitative estimate of drug-likeness (QED) is 0.580. The second-order valence-corrected chi connectivity index (χ2v) is 3.93. The molecule has 1 saturated heterocycles. The Labute approximate surface area is 67.9 Å². The van der Waals surface area contributed by atoms with E-state index < -0.39 is 5.72 Å². The van der Waals surface area contributed by atoms with Crippen LogP contribution in [0.25, 0.3) is 0 Å². The van der Waals surface area contributed by atoms with Crippen LogP contribution in [0.2, 0.25) is 0 Å². The molecule has 0 bridgehead atoms. The number of rotatable bonds is 1. The molecule has 1 aliphatic heterocycles. The summed E-state index contributed by atoms with van der Waals surface area (Å²) in [5, 5.41) is 12.4. The Balaban J connectivity index is 2.73. The van der Waals surface area contributed by atoms with Gasteiger partial charge in [-0.1, -0.05) is 6.92 Å². The molecule has 11 heavy (non-hydrogen) atoms. The highest BCUT2D eigenvalue weighted by molar-refractivity contribution is 4.87. The molecule has 3 heteroatoms. The van der Waals surface area contributed by atoms with Gasteiger partial charge in [-0.2, -0.15) is 0 Å². The summed E-state index contributed by atoms with van der Waals surface area (Å²) in [6, 6.07) is 0. The summed E-state index contributed by atoms with van der Waals surface area (Å²) in [7, 11) is 0. The van der Waals surface area contributed by atoms with Crippen LogP contribution in [0.3, 0.4) is 0 Å². The Morgan fingerprint density at radius 1 is 1.45 bits per heavy atom. The van der Waals surface area contributed by atoms with Gasteiger partial charge in [0, 0.05) is 0 Å². The van der Waals surface area contributed by atoms with Crippen molar-refractivity contribution >= 4 is 0 Å². The van der Waals surface area contributed by atoms with Crippen LogP contribution in [-0.4, -0.2) is 22.9 Å². The van der Waals surface area contributed by atoms with Crippen molar-refractivity contribution in [2.75, 3.05) is 6.54 Å². The van der Waals surface area contributed by atoms with E-state index in [9.17, 15) is 5.21 Å². The number of hydrogen-bond donors (Lipinski definition) is 0. The van der Waals surface area contributed by atoms with Crippen LogP contribution < -0.4 is 0 Å². The molecule has 0 aromatic rings. The van der Waals surface area contributed by atoms with E-state index in [2.05, 4.69) is 0 Å². The van der Waals surface area contributed by atoms with E-state index >= 15 is 0 Å². The lowest BCUT2D eigenvalue weighted by atomic mass is 10.1. The summed E-state index contributed by atoms with van der Waals surface area (Å²) >= 11 is 0. The lowest BCUT2D eigenvalue weighted by Gasteiger charge is -2.27. The van der Waals surface area contributed by atoms with Gasteiger partial charge in [-0.25, -0.2) is 0 Å². The van der Waals surface area contributed by atoms with Crippen LogP contribution in [-0.2, 0) is 9.94 Å². The van der Waals surface area contributed by atoms with Crippen LogP contribution >= 0.6 is 0 Å². The predicted molar refractivity (Wildman–Crippen MR) is 41.3 cm³/mol. The van der Waals surface area contributed by atoms with Crippen molar-refractivity contribution in [3.63, 3.8) is 0 Å². The molecule has 0 aliphatic carbocycles. The highest BCUT2D eigenvalue weighted by atomic mass is 16.6. The van der Waals surface area contributed by atoms with E-state index in [1.165, 1.54) is 0 Å². The monoisotopic (exact) mass is 158 g/mol. The van der Waals surface area contributed by atoms with Crippen LogP contribution in [0.5, 0.6) is 0 Å². The fraction of sp³-hybridized carbons (Fsp3) is 1.00. The molecule has 0 spiro atoms. The first-order valence-corrected chi connectivity index (χ1v) is 4.04. The van der Waals surface area contributed by atoms with Crippen molar-refractivity contribution in [1.29, 1.82) is 0 Å². The molecule has 1 radical (unpaired) electrons. The second-order valence-electron chi connectivity index (χ2n) is 3.93. The van der Waals surface area contributed by atoms with E-state index in [-0.39, 0.29) is 5.60 Å². The van der Waals surface area contributed by atoms with Crippen molar-refractivity contribution in [3.05, 3.63) is 0 Å². The van der Waals surface area contributed by atoms with Crippen LogP contribution in [0.1, 0.15) is 34.1 Å². The fourth-order valence-corrected chi connectivity index (χ4v) is 1.44. The topological polar surface area (TPSA) is 32.4 Å². The molecule has 1 heterocycles. The molecule has 1 aliphatic rings. The Hall–Kier alpha value is -0.120. The molecule has 0 saturated carbocycles. The molecule has 0 aromatic heterocycles. The molecule has 0 N–H and O–H groups in total. The first-order valence-electron chi connectivity index (χ1n) is 4.04. The molecule has 1 atom stereocenters. The van der Waals surface area contributed by atoms with Crippen molar-refractivity contribution in [1.82, 2.24) is 5.06 Å². The van der Waals surface area contributed by atoms with E-state index in [0.717, 1.165) is 11.5 Å². The molecule has 1 rings (SSSR count). The van der Waals surface area contributed by atoms with Crippen LogP contribution in [0, 0.1) is 0 Å². The van der Waals surface area contributed by atoms with E-state index in [4.69, 9.17) is 4.74 Å². The lowest BCUT2D eigenvalue weighted by Crippen LogP contribution is -2.38. The van der Waals surface area contributed by atoms with Gasteiger partial charge in [-0.3, -0.25) is 0 Å². The van der Waals surface area contributed by atoms with Gasteiger partial charge in [0.2, 0.25) is 0 Å². The Bertz CT molecular complexity index is 158. The molecule has 65 valence electrons. The third-order valence-electron chi connectivity index (χ3n) is 2.20. The van der Waals surface area contributed by atoms with Crippen LogP contribution in [0.15, 0.2) is 0 Å². The molecule has 3 nitrogen and oxygen atoms in total. The van der Waals surface area contributed by atoms with Gasteiger partial charge >= 0.3 is 0 Å². The van der Waals surface area contributed by atoms with Gasteiger partial charge < -0.3 is 4.74 Å². The molecule has 0 amide bonds. The largest absolute Gasteiger partial charge is 0.351 e. The summed E-state index contributed by atoms with van der Waals surface area (Å²) in [5.74, 6) is 0. The van der Waals surface area contributed by atoms with Gasteiger partial charge in [-0.05, 0) is 27.2 Å². The first-order chi connectivity index (χ1) is 4.90. The first kappa shape index (κ1) is 8.97. The van der Waals surface area contributed by atoms with E-state index in [1.54, 1.807) is 0 Å². The minimum absolute atomic E-state index is 0.285. The van der Waals surface area contributed by atoms with Gasteiger partial charge in [-0.15, -0.1) is 10.3 Å². The van der Waals surface area contributed by atoms with Gasteiger partial charge in [0.1, 0.15) is 5.72 Å². The zero-order chi connectivity index (χ0) is 8.70. The SMILES string of the molecule is CCC1(C)OC(C)(C)CN1[O]. The number of hydrogen-bond acceptors (Lipinski definition) is 2. The predicted octanol–water partition coefficient (Wildman–Crippen LogP) is 1.57. The van der Waals surface area contributed by atoms with Crippen molar-refractivity contribution in [2.24, 2.45) is 0 Å². The number of nitrogens with zero attached hydrogens (tertiary/aromatic N) is 1. The van der Waals surface area contributed by atoms with Crippen molar-refractivity contribution < 1.29 is 9.94 Å². The van der Waals surface area contributed by atoms with Crippen molar-refractivity contribution in [3.8, 4) is 0 Å². The number of ether oxygens (including phenoxy) is 1. The van der Waals surface area contributed by atoms with E-state index in [1.807, 2.05) is 27.7 Å². The number of hydroxylamine groups is 2. The molecular formula is C8H16NO2. The maximum Gasteiger partial charge on any atom is 0.144 e. The average Bonchev–Trinajstić information content (AvgIpc) is 2.03. The summed E-state index contributed by atoms with van der Waals surface area (Å²) in [5.41, 5.74) is -0.879. The van der Waals surface area contributed by atoms with Crippen LogP contribution in [0.4, 0.5) is 0 Å². The summed E-state index contributed by atoms with van der Waals surface area (Å²) in [6.07, 6.45) is 0.736. The highest BCUT2D eigenvalue weighted by Crippen LogP contribution is 2.34. The summed E-state index contributed by atoms with van der Waals surface area (Å²) < 4.78 is 5.61. The minimum atomic E-state index is -0.594. The van der Waals surface area contributed by atoms with Gasteiger partial charge in [0.25, 0.3) is 0 Å². The minimum Gasteiger partial charge on any atom is -0.351 e. The smallest absolute Gasteiger partial charge is 0.144 e. The fourth-order valence-electron chi connectivity index (χ4n) is 1.44. The summed E-state index contributed by atoms with van der Waals surface area (Å²) in [6.45, 7) is 8.16. The van der Waals surface area contributed by atoms with Crippen molar-refractivity contribution in [2.45, 2.75) is 45.4 Å². The maximum atomic E-state index is 11.3. The Morgan fingerprint density at radius 3 is 2.18 bits per heavy atom. The third kappa shape index (κ3) is 1.55. The normalized spacial score (nSPS) is 37.9. The molecule has 1 unspecified atom stereocenters. The summed E-state index contributed by atoms with van der Waals surface area (Å²) in [4.78, 5) is 0. The second kappa shape index (κ2) is 2.44. The highest BCUT2D eigenvalue weighted by Gasteiger charge is 2.46. The lowest BCUT2D eigenvalue weighted by molar-refractivity contribution is -0.261. The molecular weight excluding hydrogens is 142 g/mol. The zero-order valence-corrected chi connectivity index (χ0v) is 7.68.